The van der Waals surface area contributed by atoms with Crippen molar-refractivity contribution in [3.8, 4) is 34.6 Å². The van der Waals surface area contributed by atoms with Gasteiger partial charge in [-0.2, -0.15) is 0 Å². The van der Waals surface area contributed by atoms with Crippen molar-refractivity contribution in [1.29, 1.82) is 0 Å². The van der Waals surface area contributed by atoms with Crippen LogP contribution in [0.1, 0.15) is 31.6 Å². The molecule has 1 aliphatic heterocycles. The molecule has 34 heavy (non-hydrogen) atoms. The van der Waals surface area contributed by atoms with Crippen LogP contribution in [0, 0.1) is 17.8 Å². The van der Waals surface area contributed by atoms with Crippen molar-refractivity contribution in [2.45, 2.75) is 31.8 Å². The lowest BCUT2D eigenvalue weighted by Crippen LogP contribution is -2.33. The molecule has 7 nitrogen and oxygen atoms in total. The maximum Gasteiger partial charge on any atom is 0.299 e. The summed E-state index contributed by atoms with van der Waals surface area (Å²) in [5.41, 5.74) is 8.70. The van der Waals surface area contributed by atoms with Crippen LogP contribution in [0.15, 0.2) is 67.0 Å². The molecule has 1 saturated heterocycles. The SMILES string of the molecule is CC#CC(=O)N1C(c2nc(-c3ccc(Oc4ccccc4)cc3)c3c(N)nccn23)CC2CC21. The number of anilines is 1. The third-order valence-corrected chi connectivity index (χ3v) is 6.59. The number of para-hydroxylation sites is 1. The Morgan fingerprint density at radius 2 is 1.85 bits per heavy atom. The van der Waals surface area contributed by atoms with Gasteiger partial charge in [-0.25, -0.2) is 9.97 Å². The van der Waals surface area contributed by atoms with Crippen molar-refractivity contribution in [1.82, 2.24) is 19.3 Å². The highest BCUT2D eigenvalue weighted by atomic mass is 16.5. The predicted molar refractivity (Wildman–Crippen MR) is 129 cm³/mol. The largest absolute Gasteiger partial charge is 0.457 e. The molecule has 2 fully saturated rings. The van der Waals surface area contributed by atoms with Gasteiger partial charge in [-0.1, -0.05) is 24.1 Å². The molecule has 2 aromatic carbocycles. The molecule has 4 aromatic rings. The number of carbonyl (C=O) groups is 1. The number of hydrogen-bond acceptors (Lipinski definition) is 5. The van der Waals surface area contributed by atoms with E-state index in [1.54, 1.807) is 13.1 Å². The molecule has 1 aliphatic carbocycles. The van der Waals surface area contributed by atoms with E-state index < -0.39 is 0 Å². The molecule has 3 heterocycles. The molecule has 3 unspecified atom stereocenters. The number of imidazole rings is 1. The molecule has 0 spiro atoms. The number of nitrogens with zero attached hydrogens (tertiary/aromatic N) is 4. The minimum Gasteiger partial charge on any atom is -0.457 e. The second-order valence-corrected chi connectivity index (χ2v) is 8.69. The fourth-order valence-electron chi connectivity index (χ4n) is 4.98. The summed E-state index contributed by atoms with van der Waals surface area (Å²) in [7, 11) is 0. The van der Waals surface area contributed by atoms with Gasteiger partial charge >= 0.3 is 0 Å². The highest BCUT2D eigenvalue weighted by molar-refractivity contribution is 5.94. The summed E-state index contributed by atoms with van der Waals surface area (Å²) in [6, 6.07) is 17.5. The van der Waals surface area contributed by atoms with Crippen LogP contribution in [-0.4, -0.2) is 31.2 Å². The molecule has 3 atom stereocenters. The van der Waals surface area contributed by atoms with E-state index in [0.29, 0.717) is 11.7 Å². The van der Waals surface area contributed by atoms with Crippen LogP contribution in [0.3, 0.4) is 0 Å². The fraction of sp³-hybridized carbons (Fsp3) is 0.222. The molecule has 2 N–H and O–H groups in total. The number of rotatable bonds is 4. The highest BCUT2D eigenvalue weighted by Crippen LogP contribution is 2.53. The second kappa shape index (κ2) is 7.92. The summed E-state index contributed by atoms with van der Waals surface area (Å²) in [5, 5.41) is 0. The van der Waals surface area contributed by atoms with Gasteiger partial charge in [0.2, 0.25) is 0 Å². The van der Waals surface area contributed by atoms with E-state index in [4.69, 9.17) is 15.5 Å². The number of nitrogen functional groups attached to an aromatic ring is 1. The van der Waals surface area contributed by atoms with Crippen molar-refractivity contribution < 1.29 is 9.53 Å². The number of fused-ring (bicyclic) bond motifs is 2. The molecule has 2 aliphatic rings. The first-order chi connectivity index (χ1) is 16.6. The van der Waals surface area contributed by atoms with E-state index in [9.17, 15) is 4.79 Å². The first kappa shape index (κ1) is 20.3. The van der Waals surface area contributed by atoms with Crippen LogP contribution < -0.4 is 10.5 Å². The van der Waals surface area contributed by atoms with E-state index in [0.717, 1.165) is 46.9 Å². The third-order valence-electron chi connectivity index (χ3n) is 6.59. The molecule has 6 rings (SSSR count). The number of hydrogen-bond donors (Lipinski definition) is 1. The summed E-state index contributed by atoms with van der Waals surface area (Å²) < 4.78 is 7.90. The zero-order chi connectivity index (χ0) is 23.2. The van der Waals surface area contributed by atoms with Gasteiger partial charge in [0, 0.05) is 24.0 Å². The lowest BCUT2D eigenvalue weighted by Gasteiger charge is -2.24. The number of carbonyl (C=O) groups excluding carboxylic acids is 1. The van der Waals surface area contributed by atoms with Gasteiger partial charge in [0.15, 0.2) is 0 Å². The van der Waals surface area contributed by atoms with Gasteiger partial charge in [-0.15, -0.1) is 0 Å². The summed E-state index contributed by atoms with van der Waals surface area (Å²) in [5.74, 6) is 8.54. The van der Waals surface area contributed by atoms with Crippen molar-refractivity contribution in [2.24, 2.45) is 5.92 Å². The van der Waals surface area contributed by atoms with Crippen LogP contribution in [0.2, 0.25) is 0 Å². The number of benzene rings is 2. The quantitative estimate of drug-likeness (QED) is 0.465. The van der Waals surface area contributed by atoms with Crippen LogP contribution in [0.4, 0.5) is 5.82 Å². The summed E-state index contributed by atoms with van der Waals surface area (Å²) in [6.45, 7) is 1.69. The number of aromatic nitrogens is 3. The number of ether oxygens (including phenoxy) is 1. The van der Waals surface area contributed by atoms with E-state index in [-0.39, 0.29) is 18.0 Å². The molecule has 168 valence electrons. The Morgan fingerprint density at radius 3 is 2.62 bits per heavy atom. The maximum atomic E-state index is 12.8. The fourth-order valence-corrected chi connectivity index (χ4v) is 4.98. The Bertz CT molecular complexity index is 1450. The van der Waals surface area contributed by atoms with Gasteiger partial charge in [0.05, 0.1) is 6.04 Å². The van der Waals surface area contributed by atoms with Gasteiger partial charge in [0.1, 0.15) is 34.4 Å². The van der Waals surface area contributed by atoms with E-state index in [2.05, 4.69) is 16.8 Å². The molecule has 0 radical (unpaired) electrons. The number of nitrogens with two attached hydrogens (primary N) is 1. The van der Waals surface area contributed by atoms with Gasteiger partial charge < -0.3 is 15.4 Å². The zero-order valence-electron chi connectivity index (χ0n) is 18.7. The maximum absolute atomic E-state index is 12.8. The van der Waals surface area contributed by atoms with E-state index in [1.807, 2.05) is 70.1 Å². The lowest BCUT2D eigenvalue weighted by molar-refractivity contribution is -0.127. The smallest absolute Gasteiger partial charge is 0.299 e. The molecule has 1 saturated carbocycles. The van der Waals surface area contributed by atoms with Crippen molar-refractivity contribution in [3.05, 3.63) is 72.8 Å². The summed E-state index contributed by atoms with van der Waals surface area (Å²) in [4.78, 5) is 24.0. The monoisotopic (exact) mass is 449 g/mol. The van der Waals surface area contributed by atoms with Crippen LogP contribution in [0.5, 0.6) is 11.5 Å². The van der Waals surface area contributed by atoms with Crippen LogP contribution in [-0.2, 0) is 4.79 Å². The predicted octanol–water partition coefficient (Wildman–Crippen LogP) is 4.46. The van der Waals surface area contributed by atoms with Crippen molar-refractivity contribution >= 4 is 17.2 Å². The Hall–Kier alpha value is -4.31. The topological polar surface area (TPSA) is 85.8 Å². The average Bonchev–Trinajstić information content (AvgIpc) is 3.33. The molecule has 7 heteroatoms. The second-order valence-electron chi connectivity index (χ2n) is 8.69. The van der Waals surface area contributed by atoms with Gasteiger partial charge in [0.25, 0.3) is 5.91 Å². The Kier molecular flexibility index (Phi) is 4.73. The first-order valence-corrected chi connectivity index (χ1v) is 11.3. The minimum atomic E-state index is -0.139. The zero-order valence-corrected chi connectivity index (χ0v) is 18.7. The van der Waals surface area contributed by atoms with Crippen LogP contribution in [0.25, 0.3) is 16.8 Å². The standard InChI is InChI=1S/C27H23N5O2/c1-2-6-23(33)32-21-15-18(21)16-22(32)27-30-24(25-26(28)29-13-14-31(25)27)17-9-11-20(12-10-17)34-19-7-4-3-5-8-19/h3-5,7-14,18,21-22H,15-16H2,1H3,(H2,28,29). The Morgan fingerprint density at radius 1 is 1.09 bits per heavy atom. The molecule has 0 bridgehead atoms. The van der Waals surface area contributed by atoms with E-state index >= 15 is 0 Å². The number of likely N-dealkylation sites (tertiary alicyclic amines) is 1. The van der Waals surface area contributed by atoms with Gasteiger partial charge in [-0.05, 0) is 68.0 Å². The van der Waals surface area contributed by atoms with Crippen LogP contribution >= 0.6 is 0 Å². The minimum absolute atomic E-state index is 0.138. The summed E-state index contributed by atoms with van der Waals surface area (Å²) in [6.07, 6.45) is 5.45. The lowest BCUT2D eigenvalue weighted by atomic mass is 10.1. The molecule has 2 aromatic heterocycles. The first-order valence-electron chi connectivity index (χ1n) is 11.3. The van der Waals surface area contributed by atoms with Gasteiger partial charge in [-0.3, -0.25) is 9.20 Å². The van der Waals surface area contributed by atoms with Crippen molar-refractivity contribution in [2.75, 3.05) is 5.73 Å². The summed E-state index contributed by atoms with van der Waals surface area (Å²) >= 11 is 0. The van der Waals surface area contributed by atoms with E-state index in [1.165, 1.54) is 0 Å². The normalized spacial score (nSPS) is 20.5. The average molecular weight is 450 g/mol. The molecule has 1 amide bonds. The van der Waals surface area contributed by atoms with Crippen molar-refractivity contribution in [3.63, 3.8) is 0 Å². The number of piperidine rings is 1. The molecular weight excluding hydrogens is 426 g/mol. The Balaban J connectivity index is 1.40. The Labute approximate surface area is 197 Å². The molecular formula is C27H23N5O2. The number of amides is 1. The third kappa shape index (κ3) is 3.35. The highest BCUT2D eigenvalue weighted by Gasteiger charge is 2.55.